The average molecular weight is 539 g/mol. The van der Waals surface area contributed by atoms with Crippen molar-refractivity contribution in [3.8, 4) is 0 Å². The van der Waals surface area contributed by atoms with E-state index in [1.165, 1.54) is 42.5 Å². The van der Waals surface area contributed by atoms with Gasteiger partial charge in [0.05, 0.1) is 20.2 Å². The Labute approximate surface area is 216 Å². The van der Waals surface area contributed by atoms with Gasteiger partial charge in [-0.15, -0.1) is 0 Å². The van der Waals surface area contributed by atoms with Crippen LogP contribution in [0.5, 0.6) is 0 Å². The predicted molar refractivity (Wildman–Crippen MR) is 139 cm³/mol. The van der Waals surface area contributed by atoms with Gasteiger partial charge in [0, 0.05) is 43.3 Å². The molecule has 0 unspecified atom stereocenters. The summed E-state index contributed by atoms with van der Waals surface area (Å²) in [7, 11) is -2.05. The van der Waals surface area contributed by atoms with Crippen LogP contribution in [-0.4, -0.2) is 67.6 Å². The van der Waals surface area contributed by atoms with Gasteiger partial charge >= 0.3 is 0 Å². The van der Waals surface area contributed by atoms with Gasteiger partial charge in [-0.05, 0) is 55.6 Å². The molecule has 1 amide bonds. The number of anilines is 2. The molecule has 13 heteroatoms. The minimum Gasteiger partial charge on any atom is -0.369 e. The molecule has 196 valence electrons. The third-order valence-electron chi connectivity index (χ3n) is 6.47. The number of aromatic nitrogens is 2. The highest BCUT2D eigenvalue weighted by molar-refractivity contribution is 7.91. The quantitative estimate of drug-likeness (QED) is 0.281. The number of aromatic amines is 1. The SMILES string of the molecule is CN1CCN(c2ccc(C(=O)Nc3n[nH]c4ccc(S(=O)(=O)c5cccc(F)c5)cc34)c([N+](=O)[O-])c2)CC1. The highest BCUT2D eigenvalue weighted by atomic mass is 32.2. The van der Waals surface area contributed by atoms with E-state index in [0.717, 1.165) is 25.2 Å². The smallest absolute Gasteiger partial charge is 0.284 e. The van der Waals surface area contributed by atoms with Crippen LogP contribution in [0.2, 0.25) is 0 Å². The molecule has 0 atom stereocenters. The third kappa shape index (κ3) is 4.80. The van der Waals surface area contributed by atoms with E-state index in [1.807, 2.05) is 11.9 Å². The number of nitro benzene ring substituents is 1. The summed E-state index contributed by atoms with van der Waals surface area (Å²) in [5.74, 6) is -1.46. The molecule has 0 saturated carbocycles. The number of H-pyrrole nitrogens is 1. The number of nitrogens with one attached hydrogen (secondary N) is 2. The molecule has 4 aromatic rings. The van der Waals surface area contributed by atoms with Crippen LogP contribution >= 0.6 is 0 Å². The van der Waals surface area contributed by atoms with Gasteiger partial charge in [-0.25, -0.2) is 12.8 Å². The second-order valence-corrected chi connectivity index (χ2v) is 10.9. The van der Waals surface area contributed by atoms with Crippen LogP contribution in [-0.2, 0) is 9.84 Å². The van der Waals surface area contributed by atoms with E-state index >= 15 is 0 Å². The fraction of sp³-hybridized carbons (Fsp3) is 0.200. The Hall–Kier alpha value is -4.36. The van der Waals surface area contributed by atoms with E-state index in [1.54, 1.807) is 6.07 Å². The number of benzene rings is 3. The molecule has 2 N–H and O–H groups in total. The molecule has 2 heterocycles. The maximum Gasteiger partial charge on any atom is 0.284 e. The van der Waals surface area contributed by atoms with E-state index in [-0.39, 0.29) is 32.2 Å². The van der Waals surface area contributed by atoms with Crippen molar-refractivity contribution in [3.63, 3.8) is 0 Å². The largest absolute Gasteiger partial charge is 0.369 e. The van der Waals surface area contributed by atoms with E-state index in [9.17, 15) is 27.7 Å². The van der Waals surface area contributed by atoms with Gasteiger partial charge in [-0.1, -0.05) is 6.07 Å². The van der Waals surface area contributed by atoms with Crippen molar-refractivity contribution < 1.29 is 22.5 Å². The summed E-state index contributed by atoms with van der Waals surface area (Å²) in [4.78, 5) is 28.2. The Morgan fingerprint density at radius 1 is 1.05 bits per heavy atom. The highest BCUT2D eigenvalue weighted by Gasteiger charge is 2.25. The van der Waals surface area contributed by atoms with E-state index in [4.69, 9.17) is 0 Å². The second kappa shape index (κ2) is 9.84. The Kier molecular flexibility index (Phi) is 6.55. The lowest BCUT2D eigenvalue weighted by Crippen LogP contribution is -2.44. The first-order valence-corrected chi connectivity index (χ1v) is 13.1. The summed E-state index contributed by atoms with van der Waals surface area (Å²) in [6, 6.07) is 13.2. The molecule has 0 aliphatic carbocycles. The van der Waals surface area contributed by atoms with Crippen molar-refractivity contribution in [1.29, 1.82) is 0 Å². The summed E-state index contributed by atoms with van der Waals surface area (Å²) in [6.07, 6.45) is 0. The number of sulfone groups is 1. The summed E-state index contributed by atoms with van der Waals surface area (Å²) < 4.78 is 39.7. The first-order chi connectivity index (χ1) is 18.1. The van der Waals surface area contributed by atoms with E-state index in [0.29, 0.717) is 24.3 Å². The van der Waals surface area contributed by atoms with Gasteiger partial charge in [0.25, 0.3) is 11.6 Å². The Morgan fingerprint density at radius 2 is 1.79 bits per heavy atom. The summed E-state index contributed by atoms with van der Waals surface area (Å²) in [5.41, 5.74) is 0.567. The molecule has 3 aromatic carbocycles. The number of likely N-dealkylation sites (N-methyl/N-ethyl adjacent to an activating group) is 1. The Morgan fingerprint density at radius 3 is 2.50 bits per heavy atom. The number of nitro groups is 1. The molecule has 1 saturated heterocycles. The van der Waals surface area contributed by atoms with Gasteiger partial charge in [0.1, 0.15) is 11.4 Å². The number of hydrogen-bond acceptors (Lipinski definition) is 8. The van der Waals surface area contributed by atoms with Crippen LogP contribution in [0.1, 0.15) is 10.4 Å². The van der Waals surface area contributed by atoms with E-state index in [2.05, 4.69) is 20.4 Å². The third-order valence-corrected chi connectivity index (χ3v) is 8.22. The average Bonchev–Trinajstić information content (AvgIpc) is 3.30. The fourth-order valence-corrected chi connectivity index (χ4v) is 5.64. The maximum atomic E-state index is 13.6. The highest BCUT2D eigenvalue weighted by Crippen LogP contribution is 2.30. The summed E-state index contributed by atoms with van der Waals surface area (Å²) in [5, 5.41) is 21.4. The molecule has 5 rings (SSSR count). The van der Waals surface area contributed by atoms with Crippen molar-refractivity contribution in [2.75, 3.05) is 43.4 Å². The van der Waals surface area contributed by atoms with Crippen LogP contribution in [0, 0.1) is 15.9 Å². The zero-order valence-corrected chi connectivity index (χ0v) is 21.0. The molecular weight excluding hydrogens is 515 g/mol. The molecule has 0 spiro atoms. The minimum absolute atomic E-state index is 0.00117. The van der Waals surface area contributed by atoms with Gasteiger partial charge in [-0.2, -0.15) is 5.10 Å². The normalized spacial score (nSPS) is 14.5. The lowest BCUT2D eigenvalue weighted by Gasteiger charge is -2.34. The van der Waals surface area contributed by atoms with E-state index < -0.39 is 26.5 Å². The van der Waals surface area contributed by atoms with Crippen LogP contribution < -0.4 is 10.2 Å². The Bertz CT molecular complexity index is 1660. The molecule has 1 fully saturated rings. The number of nitrogens with zero attached hydrogens (tertiary/aromatic N) is 4. The van der Waals surface area contributed by atoms with Crippen LogP contribution in [0.4, 0.5) is 21.6 Å². The van der Waals surface area contributed by atoms with Gasteiger partial charge in [0.15, 0.2) is 5.82 Å². The van der Waals surface area contributed by atoms with Gasteiger partial charge in [0.2, 0.25) is 9.84 Å². The number of hydrogen-bond donors (Lipinski definition) is 2. The van der Waals surface area contributed by atoms with Crippen LogP contribution in [0.15, 0.2) is 70.5 Å². The minimum atomic E-state index is -4.06. The number of amides is 1. The molecule has 11 nitrogen and oxygen atoms in total. The van der Waals surface area contributed by atoms with Crippen molar-refractivity contribution in [3.05, 3.63) is 82.2 Å². The molecule has 1 aromatic heterocycles. The Balaban J connectivity index is 1.45. The fourth-order valence-electron chi connectivity index (χ4n) is 4.33. The number of halogens is 1. The van der Waals surface area contributed by atoms with Crippen molar-refractivity contribution in [1.82, 2.24) is 15.1 Å². The van der Waals surface area contributed by atoms with Crippen LogP contribution in [0.25, 0.3) is 10.9 Å². The molecule has 1 aliphatic heterocycles. The monoisotopic (exact) mass is 538 g/mol. The number of carbonyl (C=O) groups is 1. The lowest BCUT2D eigenvalue weighted by atomic mass is 10.1. The number of carbonyl (C=O) groups excluding carboxylic acids is 1. The lowest BCUT2D eigenvalue weighted by molar-refractivity contribution is -0.385. The standard InChI is InChI=1S/C25H23FN6O5S/c1-30-9-11-31(12-10-30)17-5-7-20(23(14-17)32(34)35)25(33)27-24-21-15-19(6-8-22(21)28-29-24)38(36,37)18-4-2-3-16(26)13-18/h2-8,13-15H,9-12H2,1H3,(H2,27,28,29,33). The van der Waals surface area contributed by atoms with Crippen LogP contribution in [0.3, 0.4) is 0 Å². The van der Waals surface area contributed by atoms with Gasteiger partial charge < -0.3 is 15.1 Å². The first kappa shape index (κ1) is 25.3. The van der Waals surface area contributed by atoms with Gasteiger partial charge in [-0.3, -0.25) is 20.0 Å². The topological polar surface area (TPSA) is 142 Å². The summed E-state index contributed by atoms with van der Waals surface area (Å²) >= 11 is 0. The zero-order valence-electron chi connectivity index (χ0n) is 20.2. The van der Waals surface area contributed by atoms with Crippen molar-refractivity contribution in [2.45, 2.75) is 9.79 Å². The predicted octanol–water partition coefficient (Wildman–Crippen LogP) is 3.45. The zero-order chi connectivity index (χ0) is 27.0. The molecule has 1 aliphatic rings. The second-order valence-electron chi connectivity index (χ2n) is 8.94. The molecular formula is C25H23FN6O5S. The number of fused-ring (bicyclic) bond motifs is 1. The maximum absolute atomic E-state index is 13.6. The molecule has 0 bridgehead atoms. The first-order valence-electron chi connectivity index (χ1n) is 11.7. The van der Waals surface area contributed by atoms with Crippen molar-refractivity contribution >= 4 is 43.8 Å². The number of piperazine rings is 1. The molecule has 0 radical (unpaired) electrons. The van der Waals surface area contributed by atoms with Crippen molar-refractivity contribution in [2.24, 2.45) is 0 Å². The summed E-state index contributed by atoms with van der Waals surface area (Å²) in [6.45, 7) is 3.05. The molecule has 38 heavy (non-hydrogen) atoms. The number of rotatable bonds is 6.